The van der Waals surface area contributed by atoms with Crippen molar-refractivity contribution in [2.45, 2.75) is 39.7 Å². The molecule has 2 nitrogen and oxygen atoms in total. The van der Waals surface area contributed by atoms with E-state index in [1.54, 1.807) is 6.92 Å². The maximum atomic E-state index is 7.57. The fourth-order valence-electron chi connectivity index (χ4n) is 1.40. The molecular weight excluding hydrogens is 138 g/mol. The summed E-state index contributed by atoms with van der Waals surface area (Å²) in [5.74, 6) is 0. The van der Waals surface area contributed by atoms with Crippen molar-refractivity contribution in [3.05, 3.63) is 0 Å². The fourth-order valence-corrected chi connectivity index (χ4v) is 1.40. The molecule has 0 aromatic heterocycles. The summed E-state index contributed by atoms with van der Waals surface area (Å²) in [7, 11) is 2.05. The number of aliphatic hydroxyl groups excluding tert-OH is 1. The van der Waals surface area contributed by atoms with Gasteiger partial charge in [-0.25, -0.2) is 0 Å². The van der Waals surface area contributed by atoms with Crippen LogP contribution in [0.1, 0.15) is 33.6 Å². The van der Waals surface area contributed by atoms with Gasteiger partial charge in [0.25, 0.3) is 0 Å². The van der Waals surface area contributed by atoms with Gasteiger partial charge in [0, 0.05) is 12.6 Å². The van der Waals surface area contributed by atoms with Gasteiger partial charge < -0.3 is 10.4 Å². The highest BCUT2D eigenvalue weighted by atomic mass is 16.2. The van der Waals surface area contributed by atoms with Gasteiger partial charge in [-0.3, -0.25) is 0 Å². The van der Waals surface area contributed by atoms with Crippen molar-refractivity contribution in [3.63, 3.8) is 0 Å². The summed E-state index contributed by atoms with van der Waals surface area (Å²) in [5, 5.41) is 10.9. The molecule has 0 bridgehead atoms. The van der Waals surface area contributed by atoms with E-state index in [1.807, 2.05) is 7.05 Å². The van der Waals surface area contributed by atoms with Crippen LogP contribution < -0.4 is 5.32 Å². The lowest BCUT2D eigenvalue weighted by Gasteiger charge is -2.44. The molecule has 0 amide bonds. The summed E-state index contributed by atoms with van der Waals surface area (Å²) in [6.45, 7) is 6.56. The molecule has 0 spiro atoms. The van der Waals surface area contributed by atoms with Crippen molar-refractivity contribution in [1.82, 2.24) is 5.32 Å². The first-order valence-corrected chi connectivity index (χ1v) is 4.36. The van der Waals surface area contributed by atoms with Gasteiger partial charge in [-0.15, -0.1) is 0 Å². The highest BCUT2D eigenvalue weighted by molar-refractivity contribution is 4.92. The van der Waals surface area contributed by atoms with Crippen LogP contribution in [0.3, 0.4) is 0 Å². The van der Waals surface area contributed by atoms with E-state index in [-0.39, 0.29) is 6.61 Å². The Labute approximate surface area is 70.0 Å². The molecule has 1 fully saturated rings. The largest absolute Gasteiger partial charge is 0.397 e. The quantitative estimate of drug-likeness (QED) is 0.606. The summed E-state index contributed by atoms with van der Waals surface area (Å²) in [6, 6.07) is 0.780. The normalized spacial score (nSPS) is 26.5. The summed E-state index contributed by atoms with van der Waals surface area (Å²) in [4.78, 5) is 0. The van der Waals surface area contributed by atoms with Gasteiger partial charge >= 0.3 is 0 Å². The fraction of sp³-hybridized carbons (Fsp3) is 1.00. The van der Waals surface area contributed by atoms with Crippen LogP contribution in [0.2, 0.25) is 0 Å². The predicted molar refractivity (Wildman–Crippen MR) is 48.6 cm³/mol. The second-order valence-corrected chi connectivity index (χ2v) is 3.68. The van der Waals surface area contributed by atoms with Crippen molar-refractivity contribution in [3.8, 4) is 0 Å². The van der Waals surface area contributed by atoms with Gasteiger partial charge in [-0.05, 0) is 32.2 Å². The topological polar surface area (TPSA) is 32.3 Å². The van der Waals surface area contributed by atoms with Crippen molar-refractivity contribution in [1.29, 1.82) is 0 Å². The Morgan fingerprint density at radius 2 is 2.00 bits per heavy atom. The molecule has 1 saturated carbocycles. The van der Waals surface area contributed by atoms with Gasteiger partial charge in [0.1, 0.15) is 0 Å². The third kappa shape index (κ3) is 3.21. The Morgan fingerprint density at radius 3 is 2.00 bits per heavy atom. The highest BCUT2D eigenvalue weighted by Crippen LogP contribution is 2.39. The molecule has 0 aromatic carbocycles. The second kappa shape index (κ2) is 4.73. The zero-order chi connectivity index (χ0) is 8.91. The van der Waals surface area contributed by atoms with E-state index in [2.05, 4.69) is 19.2 Å². The summed E-state index contributed by atoms with van der Waals surface area (Å²) in [5.41, 5.74) is 0.578. The molecule has 2 N–H and O–H groups in total. The van der Waals surface area contributed by atoms with Gasteiger partial charge in [0.05, 0.1) is 0 Å². The van der Waals surface area contributed by atoms with Crippen LogP contribution >= 0.6 is 0 Å². The van der Waals surface area contributed by atoms with Crippen LogP contribution in [-0.4, -0.2) is 24.8 Å². The molecule has 68 valence electrons. The minimum atomic E-state index is 0.250. The molecule has 0 heterocycles. The highest BCUT2D eigenvalue weighted by Gasteiger charge is 2.36. The lowest BCUT2D eigenvalue weighted by Crippen LogP contribution is -2.48. The second-order valence-electron chi connectivity index (χ2n) is 3.68. The van der Waals surface area contributed by atoms with E-state index in [1.165, 1.54) is 12.8 Å². The first kappa shape index (κ1) is 10.9. The van der Waals surface area contributed by atoms with Crippen LogP contribution in [0.25, 0.3) is 0 Å². The zero-order valence-corrected chi connectivity index (χ0v) is 8.15. The first-order chi connectivity index (χ1) is 5.08. The molecular formula is C9H21NO. The van der Waals surface area contributed by atoms with Crippen LogP contribution in [-0.2, 0) is 0 Å². The molecule has 1 atom stereocenters. The minimum Gasteiger partial charge on any atom is -0.397 e. The number of rotatable bonds is 1. The van der Waals surface area contributed by atoms with Gasteiger partial charge in [0.15, 0.2) is 0 Å². The number of hydrogen-bond acceptors (Lipinski definition) is 2. The summed E-state index contributed by atoms with van der Waals surface area (Å²) < 4.78 is 0. The van der Waals surface area contributed by atoms with E-state index < -0.39 is 0 Å². The van der Waals surface area contributed by atoms with Crippen molar-refractivity contribution >= 4 is 0 Å². The standard InChI is InChI=1S/C7H15N.C2H6O/c1-7(2)5-4-6(7)8-3;1-2-3/h6,8H,4-5H2,1-3H3;3H,2H2,1H3. The van der Waals surface area contributed by atoms with Crippen LogP contribution in [0.5, 0.6) is 0 Å². The summed E-state index contributed by atoms with van der Waals surface area (Å²) >= 11 is 0. The van der Waals surface area contributed by atoms with Crippen LogP contribution in [0.4, 0.5) is 0 Å². The van der Waals surface area contributed by atoms with E-state index in [4.69, 9.17) is 5.11 Å². The molecule has 1 aliphatic rings. The zero-order valence-electron chi connectivity index (χ0n) is 8.15. The average molecular weight is 159 g/mol. The molecule has 0 aromatic rings. The number of aliphatic hydroxyl groups is 1. The van der Waals surface area contributed by atoms with Gasteiger partial charge in [-0.2, -0.15) is 0 Å². The third-order valence-electron chi connectivity index (χ3n) is 2.37. The van der Waals surface area contributed by atoms with E-state index >= 15 is 0 Å². The lowest BCUT2D eigenvalue weighted by molar-refractivity contribution is 0.117. The molecule has 0 aliphatic heterocycles. The average Bonchev–Trinajstić information content (AvgIpc) is 1.89. The molecule has 1 rings (SSSR count). The SMILES string of the molecule is CCO.CNC1CCC1(C)C. The van der Waals surface area contributed by atoms with Crippen molar-refractivity contribution in [2.75, 3.05) is 13.7 Å². The smallest absolute Gasteiger partial charge is 0.0402 e. The molecule has 1 unspecified atom stereocenters. The molecule has 0 saturated heterocycles. The van der Waals surface area contributed by atoms with E-state index in [0.29, 0.717) is 5.41 Å². The monoisotopic (exact) mass is 159 g/mol. The molecule has 0 radical (unpaired) electrons. The van der Waals surface area contributed by atoms with Crippen LogP contribution in [0, 0.1) is 5.41 Å². The maximum Gasteiger partial charge on any atom is 0.0402 e. The predicted octanol–water partition coefficient (Wildman–Crippen LogP) is 1.39. The Hall–Kier alpha value is -0.0800. The minimum absolute atomic E-state index is 0.250. The lowest BCUT2D eigenvalue weighted by atomic mass is 9.67. The van der Waals surface area contributed by atoms with Crippen LogP contribution in [0.15, 0.2) is 0 Å². The Morgan fingerprint density at radius 1 is 1.55 bits per heavy atom. The molecule has 1 aliphatic carbocycles. The Balaban J connectivity index is 0.000000292. The van der Waals surface area contributed by atoms with E-state index in [0.717, 1.165) is 6.04 Å². The first-order valence-electron chi connectivity index (χ1n) is 4.36. The van der Waals surface area contributed by atoms with Crippen molar-refractivity contribution in [2.24, 2.45) is 5.41 Å². The van der Waals surface area contributed by atoms with Crippen molar-refractivity contribution < 1.29 is 5.11 Å². The van der Waals surface area contributed by atoms with Gasteiger partial charge in [0.2, 0.25) is 0 Å². The number of nitrogens with one attached hydrogen (secondary N) is 1. The van der Waals surface area contributed by atoms with Gasteiger partial charge in [-0.1, -0.05) is 13.8 Å². The molecule has 2 heteroatoms. The number of hydrogen-bond donors (Lipinski definition) is 2. The van der Waals surface area contributed by atoms with E-state index in [9.17, 15) is 0 Å². The maximum absolute atomic E-state index is 7.57. The summed E-state index contributed by atoms with van der Waals surface area (Å²) in [6.07, 6.45) is 2.75. The third-order valence-corrected chi connectivity index (χ3v) is 2.37. The molecule has 11 heavy (non-hydrogen) atoms. The Bertz CT molecular complexity index is 99.7. The Kier molecular flexibility index (Phi) is 4.69.